The van der Waals surface area contributed by atoms with Crippen molar-refractivity contribution in [3.63, 3.8) is 0 Å². The van der Waals surface area contributed by atoms with Crippen LogP contribution in [0.25, 0.3) is 16.6 Å². The van der Waals surface area contributed by atoms with Crippen molar-refractivity contribution in [2.24, 2.45) is 0 Å². The highest BCUT2D eigenvalue weighted by molar-refractivity contribution is 5.95. The Bertz CT molecular complexity index is 777. The van der Waals surface area contributed by atoms with Gasteiger partial charge in [-0.05, 0) is 30.3 Å². The standard InChI is InChI=1S/C13H9F3N4/c14-13(15,16)11-5-7-20(19-11)10-4-3-9(17)12-8(10)2-1-6-18-12/h1-7H,17H2. The van der Waals surface area contributed by atoms with Crippen LogP contribution < -0.4 is 5.73 Å². The number of aromatic nitrogens is 3. The van der Waals surface area contributed by atoms with E-state index in [1.807, 2.05) is 0 Å². The quantitative estimate of drug-likeness (QED) is 0.696. The first-order valence-electron chi connectivity index (χ1n) is 5.73. The predicted molar refractivity (Wildman–Crippen MR) is 68.3 cm³/mol. The number of anilines is 1. The molecular formula is C13H9F3N4. The lowest BCUT2D eigenvalue weighted by Crippen LogP contribution is -2.07. The molecule has 102 valence electrons. The van der Waals surface area contributed by atoms with Crippen molar-refractivity contribution in [3.8, 4) is 5.69 Å². The van der Waals surface area contributed by atoms with Gasteiger partial charge in [0.05, 0.1) is 16.9 Å². The summed E-state index contributed by atoms with van der Waals surface area (Å²) in [4.78, 5) is 4.13. The Balaban J connectivity index is 2.20. The molecule has 0 amide bonds. The number of rotatable bonds is 1. The summed E-state index contributed by atoms with van der Waals surface area (Å²) in [7, 11) is 0. The summed E-state index contributed by atoms with van der Waals surface area (Å²) in [6.45, 7) is 0. The highest BCUT2D eigenvalue weighted by Crippen LogP contribution is 2.29. The maximum absolute atomic E-state index is 12.6. The summed E-state index contributed by atoms with van der Waals surface area (Å²) in [6.07, 6.45) is -1.62. The van der Waals surface area contributed by atoms with Gasteiger partial charge in [-0.3, -0.25) is 4.98 Å². The van der Waals surface area contributed by atoms with Gasteiger partial charge < -0.3 is 5.73 Å². The second kappa shape index (κ2) is 4.22. The molecule has 0 aliphatic carbocycles. The summed E-state index contributed by atoms with van der Waals surface area (Å²) in [5, 5.41) is 4.20. The van der Waals surface area contributed by atoms with E-state index in [0.29, 0.717) is 22.3 Å². The molecule has 7 heteroatoms. The number of hydrogen-bond donors (Lipinski definition) is 1. The molecule has 20 heavy (non-hydrogen) atoms. The molecule has 0 atom stereocenters. The highest BCUT2D eigenvalue weighted by Gasteiger charge is 2.33. The fourth-order valence-corrected chi connectivity index (χ4v) is 1.99. The van der Waals surface area contributed by atoms with E-state index in [0.717, 1.165) is 6.07 Å². The van der Waals surface area contributed by atoms with Crippen LogP contribution in [-0.4, -0.2) is 14.8 Å². The Labute approximate surface area is 111 Å². The van der Waals surface area contributed by atoms with E-state index < -0.39 is 11.9 Å². The van der Waals surface area contributed by atoms with Gasteiger partial charge in [0, 0.05) is 17.8 Å². The Kier molecular flexibility index (Phi) is 2.63. The largest absolute Gasteiger partial charge is 0.435 e. The maximum atomic E-state index is 12.6. The number of hydrogen-bond acceptors (Lipinski definition) is 3. The first-order chi connectivity index (χ1) is 9.47. The molecule has 0 saturated heterocycles. The lowest BCUT2D eigenvalue weighted by atomic mass is 10.1. The molecule has 2 aromatic heterocycles. The van der Waals surface area contributed by atoms with Crippen molar-refractivity contribution in [2.75, 3.05) is 5.73 Å². The Morgan fingerprint density at radius 3 is 2.60 bits per heavy atom. The molecule has 1 aromatic carbocycles. The first-order valence-corrected chi connectivity index (χ1v) is 5.73. The third-order valence-electron chi connectivity index (χ3n) is 2.90. The summed E-state index contributed by atoms with van der Waals surface area (Å²) in [5.41, 5.74) is 6.37. The predicted octanol–water partition coefficient (Wildman–Crippen LogP) is 3.02. The SMILES string of the molecule is Nc1ccc(-n2ccc(C(F)(F)F)n2)c2cccnc12. The second-order valence-corrected chi connectivity index (χ2v) is 4.22. The average Bonchev–Trinajstić information content (AvgIpc) is 2.89. The summed E-state index contributed by atoms with van der Waals surface area (Å²) < 4.78 is 38.9. The highest BCUT2D eigenvalue weighted by atomic mass is 19.4. The number of nitrogens with two attached hydrogens (primary N) is 1. The number of halogens is 3. The van der Waals surface area contributed by atoms with Crippen LogP contribution in [-0.2, 0) is 6.18 Å². The molecule has 0 unspecified atom stereocenters. The van der Waals surface area contributed by atoms with E-state index in [2.05, 4.69) is 10.1 Å². The van der Waals surface area contributed by atoms with Crippen LogP contribution in [0.1, 0.15) is 5.69 Å². The smallest absolute Gasteiger partial charge is 0.397 e. The van der Waals surface area contributed by atoms with Gasteiger partial charge in [-0.25, -0.2) is 4.68 Å². The number of pyridine rings is 1. The van der Waals surface area contributed by atoms with Crippen molar-refractivity contribution in [1.29, 1.82) is 0 Å². The monoisotopic (exact) mass is 278 g/mol. The summed E-state index contributed by atoms with van der Waals surface area (Å²) in [5.74, 6) is 0. The molecule has 3 aromatic rings. The molecule has 0 aliphatic rings. The lowest BCUT2D eigenvalue weighted by molar-refractivity contribution is -0.141. The van der Waals surface area contributed by atoms with E-state index in [-0.39, 0.29) is 0 Å². The van der Waals surface area contributed by atoms with Gasteiger partial charge in [0.25, 0.3) is 0 Å². The zero-order valence-corrected chi connectivity index (χ0v) is 10.1. The molecule has 4 nitrogen and oxygen atoms in total. The molecule has 0 radical (unpaired) electrons. The molecule has 3 rings (SSSR count). The fourth-order valence-electron chi connectivity index (χ4n) is 1.99. The van der Waals surface area contributed by atoms with Crippen molar-refractivity contribution in [3.05, 3.63) is 48.4 Å². The minimum atomic E-state index is -4.47. The fraction of sp³-hybridized carbons (Fsp3) is 0.0769. The molecule has 0 aliphatic heterocycles. The van der Waals surface area contributed by atoms with Gasteiger partial charge in [0.15, 0.2) is 5.69 Å². The lowest BCUT2D eigenvalue weighted by Gasteiger charge is -2.08. The van der Waals surface area contributed by atoms with E-state index >= 15 is 0 Å². The van der Waals surface area contributed by atoms with Crippen LogP contribution in [0.5, 0.6) is 0 Å². The van der Waals surface area contributed by atoms with E-state index in [4.69, 9.17) is 5.73 Å². The second-order valence-electron chi connectivity index (χ2n) is 4.22. The number of nitrogens with zero attached hydrogens (tertiary/aromatic N) is 3. The number of benzene rings is 1. The molecule has 0 bridgehead atoms. The first kappa shape index (κ1) is 12.5. The zero-order valence-electron chi connectivity index (χ0n) is 10.1. The van der Waals surface area contributed by atoms with Gasteiger partial charge in [0.1, 0.15) is 0 Å². The van der Waals surface area contributed by atoms with Crippen LogP contribution in [0.15, 0.2) is 42.7 Å². The summed E-state index contributed by atoms with van der Waals surface area (Å²) in [6, 6.07) is 7.58. The Morgan fingerprint density at radius 1 is 1.10 bits per heavy atom. The van der Waals surface area contributed by atoms with Gasteiger partial charge in [-0.1, -0.05) is 0 Å². The van der Waals surface area contributed by atoms with Crippen LogP contribution in [0, 0.1) is 0 Å². The third kappa shape index (κ3) is 1.97. The number of nitrogen functional groups attached to an aromatic ring is 1. The number of fused-ring (bicyclic) bond motifs is 1. The Morgan fingerprint density at radius 2 is 1.90 bits per heavy atom. The number of alkyl halides is 3. The molecular weight excluding hydrogens is 269 g/mol. The Hall–Kier alpha value is -2.57. The molecule has 2 heterocycles. The molecule has 0 fully saturated rings. The molecule has 0 spiro atoms. The summed E-state index contributed by atoms with van der Waals surface area (Å²) >= 11 is 0. The van der Waals surface area contributed by atoms with Gasteiger partial charge in [0.2, 0.25) is 0 Å². The molecule has 0 saturated carbocycles. The van der Waals surface area contributed by atoms with Crippen LogP contribution in [0.2, 0.25) is 0 Å². The minimum absolute atomic E-state index is 0.465. The van der Waals surface area contributed by atoms with Crippen LogP contribution in [0.4, 0.5) is 18.9 Å². The van der Waals surface area contributed by atoms with Crippen molar-refractivity contribution in [1.82, 2.24) is 14.8 Å². The van der Waals surface area contributed by atoms with E-state index in [9.17, 15) is 13.2 Å². The van der Waals surface area contributed by atoms with Crippen LogP contribution >= 0.6 is 0 Å². The van der Waals surface area contributed by atoms with E-state index in [1.54, 1.807) is 30.5 Å². The average molecular weight is 278 g/mol. The van der Waals surface area contributed by atoms with Gasteiger partial charge in [-0.2, -0.15) is 18.3 Å². The van der Waals surface area contributed by atoms with Crippen molar-refractivity contribution >= 4 is 16.6 Å². The topological polar surface area (TPSA) is 56.7 Å². The van der Waals surface area contributed by atoms with E-state index in [1.165, 1.54) is 10.9 Å². The zero-order chi connectivity index (χ0) is 14.3. The minimum Gasteiger partial charge on any atom is -0.397 e. The van der Waals surface area contributed by atoms with Crippen LogP contribution in [0.3, 0.4) is 0 Å². The van der Waals surface area contributed by atoms with Gasteiger partial charge >= 0.3 is 6.18 Å². The van der Waals surface area contributed by atoms with Crippen molar-refractivity contribution < 1.29 is 13.2 Å². The van der Waals surface area contributed by atoms with Crippen molar-refractivity contribution in [2.45, 2.75) is 6.18 Å². The van der Waals surface area contributed by atoms with Gasteiger partial charge in [-0.15, -0.1) is 0 Å². The third-order valence-corrected chi connectivity index (χ3v) is 2.90. The molecule has 2 N–H and O–H groups in total. The maximum Gasteiger partial charge on any atom is 0.435 e. The normalized spacial score (nSPS) is 11.9.